The Balaban J connectivity index is 1.62. The molecule has 0 radical (unpaired) electrons. The van der Waals surface area contributed by atoms with Gasteiger partial charge in [-0.3, -0.25) is 9.80 Å². The molecule has 0 saturated carbocycles. The molecule has 0 aromatic heterocycles. The van der Waals surface area contributed by atoms with Crippen molar-refractivity contribution in [3.05, 3.63) is 41.5 Å². The average molecular weight is 286 g/mol. The second kappa shape index (κ2) is 6.41. The molecule has 4 nitrogen and oxygen atoms in total. The number of nitrogens with zero attached hydrogens (tertiary/aromatic N) is 2. The van der Waals surface area contributed by atoms with Crippen molar-refractivity contribution in [1.82, 2.24) is 9.80 Å². The van der Waals surface area contributed by atoms with E-state index in [1.54, 1.807) is 6.08 Å². The number of carbonyl (C=O) groups is 1. The van der Waals surface area contributed by atoms with Crippen molar-refractivity contribution < 1.29 is 9.90 Å². The predicted octanol–water partition coefficient (Wildman–Crippen LogP) is 2.06. The van der Waals surface area contributed by atoms with Gasteiger partial charge >= 0.3 is 5.97 Å². The summed E-state index contributed by atoms with van der Waals surface area (Å²) in [5.74, 6) is -0.905. The minimum Gasteiger partial charge on any atom is -0.478 e. The Labute approximate surface area is 125 Å². The monoisotopic (exact) mass is 286 g/mol. The van der Waals surface area contributed by atoms with Gasteiger partial charge in [0.1, 0.15) is 0 Å². The molecular formula is C17H22N2O2. The van der Waals surface area contributed by atoms with Crippen LogP contribution in [0.5, 0.6) is 0 Å². The number of hydrogen-bond acceptors (Lipinski definition) is 3. The standard InChI is InChI=1S/C17H22N2O2/c20-17(21)7-6-14-3-1-4-15(11-14)12-18-9-10-19-8-2-5-16(19)13-18/h1,3-4,6-7,11,16H,2,5,8-10,12-13H2,(H,20,21)/b7-6+. The molecule has 0 aliphatic carbocycles. The van der Waals surface area contributed by atoms with Gasteiger partial charge in [-0.25, -0.2) is 4.79 Å². The minimum absolute atomic E-state index is 0.744. The fourth-order valence-corrected chi connectivity index (χ4v) is 3.42. The first-order valence-corrected chi connectivity index (χ1v) is 7.67. The summed E-state index contributed by atoms with van der Waals surface area (Å²) in [4.78, 5) is 15.7. The van der Waals surface area contributed by atoms with E-state index in [1.165, 1.54) is 37.6 Å². The molecule has 1 aromatic rings. The van der Waals surface area contributed by atoms with Gasteiger partial charge in [-0.15, -0.1) is 0 Å². The second-order valence-corrected chi connectivity index (χ2v) is 5.98. The highest BCUT2D eigenvalue weighted by molar-refractivity contribution is 5.85. The van der Waals surface area contributed by atoms with Crippen LogP contribution in [0.25, 0.3) is 6.08 Å². The van der Waals surface area contributed by atoms with Crippen LogP contribution in [-0.4, -0.2) is 53.1 Å². The molecule has 2 saturated heterocycles. The Bertz CT molecular complexity index is 541. The fraction of sp³-hybridized carbons (Fsp3) is 0.471. The van der Waals surface area contributed by atoms with E-state index in [2.05, 4.69) is 21.9 Å². The highest BCUT2D eigenvalue weighted by Gasteiger charge is 2.30. The van der Waals surface area contributed by atoms with Gasteiger partial charge in [0.15, 0.2) is 0 Å². The van der Waals surface area contributed by atoms with Crippen LogP contribution >= 0.6 is 0 Å². The maximum absolute atomic E-state index is 10.6. The Morgan fingerprint density at radius 1 is 1.33 bits per heavy atom. The molecule has 2 heterocycles. The van der Waals surface area contributed by atoms with Crippen molar-refractivity contribution in [2.75, 3.05) is 26.2 Å². The summed E-state index contributed by atoms with van der Waals surface area (Å²) in [5, 5.41) is 8.69. The lowest BCUT2D eigenvalue weighted by atomic mass is 10.1. The van der Waals surface area contributed by atoms with E-state index in [0.717, 1.165) is 31.2 Å². The highest BCUT2D eigenvalue weighted by Crippen LogP contribution is 2.22. The number of aliphatic carboxylic acids is 1. The van der Waals surface area contributed by atoms with E-state index in [4.69, 9.17) is 5.11 Å². The number of rotatable bonds is 4. The third-order valence-corrected chi connectivity index (χ3v) is 4.45. The maximum Gasteiger partial charge on any atom is 0.328 e. The van der Waals surface area contributed by atoms with E-state index in [1.807, 2.05) is 12.1 Å². The van der Waals surface area contributed by atoms with Crippen molar-refractivity contribution >= 4 is 12.0 Å². The average Bonchev–Trinajstić information content (AvgIpc) is 2.93. The smallest absolute Gasteiger partial charge is 0.328 e. The zero-order chi connectivity index (χ0) is 14.7. The Hall–Kier alpha value is -1.65. The summed E-state index contributed by atoms with van der Waals surface area (Å²) < 4.78 is 0. The van der Waals surface area contributed by atoms with E-state index in [0.29, 0.717) is 0 Å². The van der Waals surface area contributed by atoms with Crippen LogP contribution in [0.2, 0.25) is 0 Å². The molecule has 1 aromatic carbocycles. The highest BCUT2D eigenvalue weighted by atomic mass is 16.4. The van der Waals surface area contributed by atoms with Crippen molar-refractivity contribution in [2.24, 2.45) is 0 Å². The fourth-order valence-electron chi connectivity index (χ4n) is 3.42. The number of fused-ring (bicyclic) bond motifs is 1. The Morgan fingerprint density at radius 2 is 2.24 bits per heavy atom. The topological polar surface area (TPSA) is 43.8 Å². The second-order valence-electron chi connectivity index (χ2n) is 5.98. The SMILES string of the molecule is O=C(O)/C=C/c1cccc(CN2CCN3CCCC3C2)c1. The molecule has 1 atom stereocenters. The van der Waals surface area contributed by atoms with Gasteiger partial charge in [0.05, 0.1) is 0 Å². The molecule has 0 bridgehead atoms. The van der Waals surface area contributed by atoms with Crippen LogP contribution < -0.4 is 0 Å². The van der Waals surface area contributed by atoms with Crippen LogP contribution in [0.15, 0.2) is 30.3 Å². The van der Waals surface area contributed by atoms with E-state index in [-0.39, 0.29) is 0 Å². The molecule has 112 valence electrons. The Kier molecular flexibility index (Phi) is 4.36. The van der Waals surface area contributed by atoms with Gasteiger partial charge in [-0.2, -0.15) is 0 Å². The summed E-state index contributed by atoms with van der Waals surface area (Å²) in [6.45, 7) is 5.71. The van der Waals surface area contributed by atoms with Gasteiger partial charge in [0, 0.05) is 38.3 Å². The number of piperazine rings is 1. The predicted molar refractivity (Wildman–Crippen MR) is 83.0 cm³/mol. The first-order valence-electron chi connectivity index (χ1n) is 7.67. The molecule has 0 spiro atoms. The summed E-state index contributed by atoms with van der Waals surface area (Å²) >= 11 is 0. The summed E-state index contributed by atoms with van der Waals surface area (Å²) in [6.07, 6.45) is 5.52. The number of hydrogen-bond donors (Lipinski definition) is 1. The summed E-state index contributed by atoms with van der Waals surface area (Å²) in [5.41, 5.74) is 2.21. The van der Waals surface area contributed by atoms with Crippen LogP contribution in [-0.2, 0) is 11.3 Å². The lowest BCUT2D eigenvalue weighted by molar-refractivity contribution is -0.131. The molecule has 21 heavy (non-hydrogen) atoms. The largest absolute Gasteiger partial charge is 0.478 e. The summed E-state index contributed by atoms with van der Waals surface area (Å²) in [7, 11) is 0. The van der Waals surface area contributed by atoms with Crippen LogP contribution in [0, 0.1) is 0 Å². The first kappa shape index (κ1) is 14.3. The van der Waals surface area contributed by atoms with Crippen LogP contribution in [0.1, 0.15) is 24.0 Å². The number of benzene rings is 1. The summed E-state index contributed by atoms with van der Waals surface area (Å²) in [6, 6.07) is 8.90. The minimum atomic E-state index is -0.905. The molecule has 2 aliphatic rings. The number of carboxylic acids is 1. The van der Waals surface area contributed by atoms with Crippen molar-refractivity contribution in [3.63, 3.8) is 0 Å². The van der Waals surface area contributed by atoms with Crippen molar-refractivity contribution in [2.45, 2.75) is 25.4 Å². The number of carboxylic acid groups (broad SMARTS) is 1. The van der Waals surface area contributed by atoms with Gasteiger partial charge in [0.25, 0.3) is 0 Å². The van der Waals surface area contributed by atoms with Crippen LogP contribution in [0.4, 0.5) is 0 Å². The third-order valence-electron chi connectivity index (χ3n) is 4.45. The van der Waals surface area contributed by atoms with E-state index >= 15 is 0 Å². The van der Waals surface area contributed by atoms with Gasteiger partial charge in [0.2, 0.25) is 0 Å². The zero-order valence-electron chi connectivity index (χ0n) is 12.2. The van der Waals surface area contributed by atoms with Gasteiger partial charge in [-0.05, 0) is 36.6 Å². The molecule has 1 N–H and O–H groups in total. The van der Waals surface area contributed by atoms with E-state index in [9.17, 15) is 4.79 Å². The lowest BCUT2D eigenvalue weighted by Gasteiger charge is -2.37. The molecule has 1 unspecified atom stereocenters. The van der Waals surface area contributed by atoms with Crippen LogP contribution in [0.3, 0.4) is 0 Å². The van der Waals surface area contributed by atoms with Gasteiger partial charge in [-0.1, -0.05) is 24.3 Å². The van der Waals surface area contributed by atoms with Crippen molar-refractivity contribution in [3.8, 4) is 0 Å². The molecule has 0 amide bonds. The normalized spacial score (nSPS) is 23.5. The molecule has 2 aliphatic heterocycles. The van der Waals surface area contributed by atoms with Gasteiger partial charge < -0.3 is 5.11 Å². The lowest BCUT2D eigenvalue weighted by Crippen LogP contribution is -2.49. The maximum atomic E-state index is 10.6. The van der Waals surface area contributed by atoms with E-state index < -0.39 is 5.97 Å². The Morgan fingerprint density at radius 3 is 3.10 bits per heavy atom. The molecular weight excluding hydrogens is 264 g/mol. The molecule has 4 heteroatoms. The van der Waals surface area contributed by atoms with Crippen molar-refractivity contribution in [1.29, 1.82) is 0 Å². The quantitative estimate of drug-likeness (QED) is 0.861. The zero-order valence-corrected chi connectivity index (χ0v) is 12.2. The third kappa shape index (κ3) is 3.71. The molecule has 2 fully saturated rings. The first-order chi connectivity index (χ1) is 10.2. The molecule has 3 rings (SSSR count).